The molecule has 1 aromatic carbocycles. The summed E-state index contributed by atoms with van der Waals surface area (Å²) in [6.07, 6.45) is 0. The number of amides is 1. The van der Waals surface area contributed by atoms with Crippen LogP contribution in [-0.2, 0) is 0 Å². The number of carbonyl (C=O) groups is 1. The third-order valence-electron chi connectivity index (χ3n) is 3.25. The van der Waals surface area contributed by atoms with Crippen LogP contribution < -0.4 is 15.6 Å². The van der Waals surface area contributed by atoms with E-state index in [-0.39, 0.29) is 5.69 Å². The Labute approximate surface area is 141 Å². The molecule has 0 atom stereocenters. The number of ether oxygens (including phenoxy) is 1. The molecule has 2 aromatic rings. The van der Waals surface area contributed by atoms with Gasteiger partial charge in [-0.3, -0.25) is 19.9 Å². The minimum Gasteiger partial charge on any atom is -0.505 e. The third-order valence-corrected chi connectivity index (χ3v) is 4.14. The van der Waals surface area contributed by atoms with E-state index in [0.717, 1.165) is 16.5 Å². The molecule has 3 rings (SSSR count). The van der Waals surface area contributed by atoms with Crippen molar-refractivity contribution in [1.29, 1.82) is 0 Å². The maximum absolute atomic E-state index is 12.3. The quantitative estimate of drug-likeness (QED) is 0.851. The lowest BCUT2D eigenvalue weighted by atomic mass is 10.3. The first-order valence-corrected chi connectivity index (χ1v) is 8.04. The number of methoxy groups -OCH3 is 1. The first kappa shape index (κ1) is 16.1. The zero-order valence-electron chi connectivity index (χ0n) is 12.7. The van der Waals surface area contributed by atoms with Gasteiger partial charge in [-0.15, -0.1) is 0 Å². The lowest BCUT2D eigenvalue weighted by molar-refractivity contribution is 0.0968. The van der Waals surface area contributed by atoms with Crippen LogP contribution in [-0.4, -0.2) is 45.4 Å². The number of benzene rings is 1. The van der Waals surface area contributed by atoms with Crippen LogP contribution in [0.1, 0.15) is 10.5 Å². The molecule has 0 aliphatic carbocycles. The standard InChI is InChI=1S/C15H14N4O4S/c1-23-11-5-3-2-4-9(11)19-12(21)8-10(20)13(18-19)14(22)17-15-16-6-7-24-15/h2-5,8,20H,6-7H2,1H3,(H,16,17,22). The van der Waals surface area contributed by atoms with E-state index in [1.807, 2.05) is 0 Å². The van der Waals surface area contributed by atoms with Gasteiger partial charge in [0.2, 0.25) is 0 Å². The summed E-state index contributed by atoms with van der Waals surface area (Å²) in [5.74, 6) is 0.0758. The minimum atomic E-state index is -0.635. The van der Waals surface area contributed by atoms with Crippen LogP contribution in [0.3, 0.4) is 0 Å². The number of para-hydroxylation sites is 2. The van der Waals surface area contributed by atoms with E-state index in [4.69, 9.17) is 4.74 Å². The van der Waals surface area contributed by atoms with Crippen LogP contribution >= 0.6 is 11.8 Å². The highest BCUT2D eigenvalue weighted by Gasteiger charge is 2.20. The van der Waals surface area contributed by atoms with Crippen LogP contribution in [0.15, 0.2) is 40.1 Å². The number of nitrogens with one attached hydrogen (secondary N) is 1. The first-order valence-electron chi connectivity index (χ1n) is 7.05. The van der Waals surface area contributed by atoms with Gasteiger partial charge < -0.3 is 9.84 Å². The predicted molar refractivity (Wildman–Crippen MR) is 90.3 cm³/mol. The lowest BCUT2D eigenvalue weighted by Crippen LogP contribution is -2.31. The molecule has 1 amide bonds. The fourth-order valence-corrected chi connectivity index (χ4v) is 2.88. The Bertz CT molecular complexity index is 878. The molecular weight excluding hydrogens is 332 g/mol. The van der Waals surface area contributed by atoms with Crippen molar-refractivity contribution >= 4 is 22.8 Å². The Morgan fingerprint density at radius 2 is 2.21 bits per heavy atom. The van der Waals surface area contributed by atoms with E-state index in [2.05, 4.69) is 15.4 Å². The molecule has 9 heteroatoms. The second kappa shape index (κ2) is 6.75. The highest BCUT2D eigenvalue weighted by molar-refractivity contribution is 8.14. The molecule has 0 fully saturated rings. The van der Waals surface area contributed by atoms with Gasteiger partial charge in [0.15, 0.2) is 16.6 Å². The predicted octanol–water partition coefficient (Wildman–Crippen LogP) is 0.779. The average molecular weight is 346 g/mol. The smallest absolute Gasteiger partial charge is 0.281 e. The van der Waals surface area contributed by atoms with Gasteiger partial charge in [-0.25, -0.2) is 0 Å². The second-order valence-corrected chi connectivity index (χ2v) is 5.87. The van der Waals surface area contributed by atoms with Gasteiger partial charge in [0.1, 0.15) is 11.4 Å². The molecule has 24 heavy (non-hydrogen) atoms. The van der Waals surface area contributed by atoms with Crippen molar-refractivity contribution in [2.75, 3.05) is 19.4 Å². The number of hydrogen-bond acceptors (Lipinski definition) is 7. The molecule has 124 valence electrons. The number of aromatic hydroxyl groups is 1. The van der Waals surface area contributed by atoms with Gasteiger partial charge in [0.05, 0.1) is 13.7 Å². The summed E-state index contributed by atoms with van der Waals surface area (Å²) in [6, 6.07) is 7.69. The molecule has 1 aliphatic rings. The van der Waals surface area contributed by atoms with Crippen LogP contribution in [0.5, 0.6) is 11.5 Å². The van der Waals surface area contributed by atoms with Crippen LogP contribution in [0.2, 0.25) is 0 Å². The van der Waals surface area contributed by atoms with Gasteiger partial charge in [-0.05, 0) is 12.1 Å². The van der Waals surface area contributed by atoms with E-state index in [1.54, 1.807) is 24.3 Å². The number of aromatic nitrogens is 2. The van der Waals surface area contributed by atoms with Crippen molar-refractivity contribution in [1.82, 2.24) is 15.1 Å². The summed E-state index contributed by atoms with van der Waals surface area (Å²) in [5, 5.41) is 16.9. The van der Waals surface area contributed by atoms with E-state index < -0.39 is 17.2 Å². The number of nitrogens with zero attached hydrogens (tertiary/aromatic N) is 3. The average Bonchev–Trinajstić information content (AvgIpc) is 3.08. The molecule has 2 N–H and O–H groups in total. The Kier molecular flexibility index (Phi) is 4.52. The molecule has 0 radical (unpaired) electrons. The largest absolute Gasteiger partial charge is 0.505 e. The van der Waals surface area contributed by atoms with Gasteiger partial charge in [-0.2, -0.15) is 9.78 Å². The summed E-state index contributed by atoms with van der Waals surface area (Å²) >= 11 is 1.40. The molecule has 0 bridgehead atoms. The highest BCUT2D eigenvalue weighted by atomic mass is 32.2. The first-order chi connectivity index (χ1) is 11.6. The number of amidine groups is 1. The topological polar surface area (TPSA) is 106 Å². The van der Waals surface area contributed by atoms with Crippen molar-refractivity contribution in [2.24, 2.45) is 4.99 Å². The highest BCUT2D eigenvalue weighted by Crippen LogP contribution is 2.21. The number of carbonyl (C=O) groups excluding carboxylic acids is 1. The molecule has 2 heterocycles. The van der Waals surface area contributed by atoms with Gasteiger partial charge in [-0.1, -0.05) is 23.9 Å². The van der Waals surface area contributed by atoms with E-state index in [9.17, 15) is 14.7 Å². The van der Waals surface area contributed by atoms with Crippen LogP contribution in [0, 0.1) is 0 Å². The summed E-state index contributed by atoms with van der Waals surface area (Å²) in [6.45, 7) is 0.625. The lowest BCUT2D eigenvalue weighted by Gasteiger charge is -2.11. The normalized spacial score (nSPS) is 13.5. The number of hydrogen-bond donors (Lipinski definition) is 2. The molecule has 1 aromatic heterocycles. The summed E-state index contributed by atoms with van der Waals surface area (Å²) in [5.41, 5.74) is -0.483. The van der Waals surface area contributed by atoms with Gasteiger partial charge in [0.25, 0.3) is 11.5 Å². The maximum atomic E-state index is 12.3. The molecule has 1 aliphatic heterocycles. The third kappa shape index (κ3) is 3.11. The fraction of sp³-hybridized carbons (Fsp3) is 0.200. The Morgan fingerprint density at radius 1 is 1.42 bits per heavy atom. The Hall–Kier alpha value is -2.81. The molecule has 8 nitrogen and oxygen atoms in total. The van der Waals surface area contributed by atoms with Gasteiger partial charge in [0, 0.05) is 11.8 Å². The van der Waals surface area contributed by atoms with Crippen molar-refractivity contribution in [2.45, 2.75) is 0 Å². The summed E-state index contributed by atoms with van der Waals surface area (Å²) in [7, 11) is 1.47. The number of aliphatic imine (C=N–C) groups is 1. The van der Waals surface area contributed by atoms with E-state index >= 15 is 0 Å². The van der Waals surface area contributed by atoms with Crippen molar-refractivity contribution in [3.05, 3.63) is 46.4 Å². The monoisotopic (exact) mass is 346 g/mol. The summed E-state index contributed by atoms with van der Waals surface area (Å²) < 4.78 is 6.22. The molecule has 0 saturated heterocycles. The molecule has 0 saturated carbocycles. The Balaban J connectivity index is 2.03. The number of rotatable bonds is 3. The molecule has 0 unspecified atom stereocenters. The zero-order chi connectivity index (χ0) is 17.1. The van der Waals surface area contributed by atoms with E-state index in [1.165, 1.54) is 18.9 Å². The second-order valence-electron chi connectivity index (χ2n) is 4.79. The van der Waals surface area contributed by atoms with Gasteiger partial charge >= 0.3 is 0 Å². The van der Waals surface area contributed by atoms with Crippen LogP contribution in [0.25, 0.3) is 5.69 Å². The molecular formula is C15H14N4O4S. The summed E-state index contributed by atoms with van der Waals surface area (Å²) in [4.78, 5) is 28.6. The SMILES string of the molecule is COc1ccccc1-n1nc(C(=O)NC2=NCCS2)c(O)cc1=O. The van der Waals surface area contributed by atoms with Crippen LogP contribution in [0.4, 0.5) is 0 Å². The minimum absolute atomic E-state index is 0.268. The zero-order valence-corrected chi connectivity index (χ0v) is 13.5. The van der Waals surface area contributed by atoms with Crippen molar-refractivity contribution in [3.63, 3.8) is 0 Å². The molecule has 0 spiro atoms. The maximum Gasteiger partial charge on any atom is 0.281 e. The van der Waals surface area contributed by atoms with Crippen molar-refractivity contribution < 1.29 is 14.6 Å². The Morgan fingerprint density at radius 3 is 2.92 bits per heavy atom. The van der Waals surface area contributed by atoms with E-state index in [0.29, 0.717) is 23.1 Å². The van der Waals surface area contributed by atoms with Crippen molar-refractivity contribution in [3.8, 4) is 17.2 Å². The number of thioether (sulfide) groups is 1. The fourth-order valence-electron chi connectivity index (χ4n) is 2.15.